The molecule has 1 aromatic heterocycles. The zero-order valence-corrected chi connectivity index (χ0v) is 13.3. The molecule has 1 heterocycles. The lowest BCUT2D eigenvalue weighted by molar-refractivity contribution is -0.385. The summed E-state index contributed by atoms with van der Waals surface area (Å²) in [5, 5.41) is 21.4. The predicted octanol–water partition coefficient (Wildman–Crippen LogP) is 4.77. The van der Waals surface area contributed by atoms with E-state index in [-0.39, 0.29) is 10.8 Å². The third-order valence-electron chi connectivity index (χ3n) is 2.93. The van der Waals surface area contributed by atoms with Crippen molar-refractivity contribution in [1.29, 1.82) is 0 Å². The Kier molecular flexibility index (Phi) is 4.51. The molecule has 1 atom stereocenters. The molecule has 5 nitrogen and oxygen atoms in total. The number of nitrogens with zero attached hydrogens (tertiary/aromatic N) is 1. The SMILES string of the molecule is Cc1cc(Cl)cc(C)c1Oc1sc([C@@H](C)O)cc1[N+](=O)[O-]. The number of aliphatic hydroxyl groups excluding tert-OH is 1. The molecule has 0 fully saturated rings. The Bertz CT molecular complexity index is 673. The molecular formula is C14H14ClNO4S. The van der Waals surface area contributed by atoms with E-state index < -0.39 is 11.0 Å². The molecule has 0 radical (unpaired) electrons. The van der Waals surface area contributed by atoms with Crippen molar-refractivity contribution in [3.63, 3.8) is 0 Å². The van der Waals surface area contributed by atoms with Crippen molar-refractivity contribution in [2.24, 2.45) is 0 Å². The average molecular weight is 328 g/mol. The Morgan fingerprint density at radius 3 is 2.38 bits per heavy atom. The number of aliphatic hydroxyl groups is 1. The van der Waals surface area contributed by atoms with Crippen molar-refractivity contribution >= 4 is 28.6 Å². The van der Waals surface area contributed by atoms with Gasteiger partial charge in [-0.15, -0.1) is 0 Å². The molecule has 21 heavy (non-hydrogen) atoms. The molecule has 0 saturated carbocycles. The maximum Gasteiger partial charge on any atom is 0.323 e. The van der Waals surface area contributed by atoms with Gasteiger partial charge in [-0.05, 0) is 44.0 Å². The minimum Gasteiger partial charge on any atom is -0.439 e. The second-order valence-corrected chi connectivity index (χ2v) is 6.21. The zero-order chi connectivity index (χ0) is 15.7. The molecule has 2 rings (SSSR count). The summed E-state index contributed by atoms with van der Waals surface area (Å²) in [5.74, 6) is 0.543. The van der Waals surface area contributed by atoms with Gasteiger partial charge < -0.3 is 9.84 Å². The van der Waals surface area contributed by atoms with E-state index in [1.807, 2.05) is 13.8 Å². The van der Waals surface area contributed by atoms with E-state index in [2.05, 4.69) is 0 Å². The van der Waals surface area contributed by atoms with Gasteiger partial charge in [-0.1, -0.05) is 22.9 Å². The van der Waals surface area contributed by atoms with Crippen LogP contribution in [0.25, 0.3) is 0 Å². The largest absolute Gasteiger partial charge is 0.439 e. The summed E-state index contributed by atoms with van der Waals surface area (Å²) >= 11 is 7.02. The monoisotopic (exact) mass is 327 g/mol. The van der Waals surface area contributed by atoms with Gasteiger partial charge in [0.05, 0.1) is 11.0 Å². The van der Waals surface area contributed by atoms with Gasteiger partial charge in [0.1, 0.15) is 5.75 Å². The highest BCUT2D eigenvalue weighted by atomic mass is 35.5. The molecule has 7 heteroatoms. The summed E-state index contributed by atoms with van der Waals surface area (Å²) in [5.41, 5.74) is 1.44. The fraction of sp³-hybridized carbons (Fsp3) is 0.286. The molecule has 0 saturated heterocycles. The van der Waals surface area contributed by atoms with Crippen LogP contribution in [-0.4, -0.2) is 10.0 Å². The zero-order valence-electron chi connectivity index (χ0n) is 11.7. The van der Waals surface area contributed by atoms with Gasteiger partial charge in [0.25, 0.3) is 5.06 Å². The average Bonchev–Trinajstić information content (AvgIpc) is 2.77. The van der Waals surface area contributed by atoms with E-state index in [4.69, 9.17) is 16.3 Å². The van der Waals surface area contributed by atoms with Crippen LogP contribution in [0.4, 0.5) is 5.69 Å². The van der Waals surface area contributed by atoms with Crippen LogP contribution in [0.1, 0.15) is 29.0 Å². The lowest BCUT2D eigenvalue weighted by Crippen LogP contribution is -1.93. The summed E-state index contributed by atoms with van der Waals surface area (Å²) in [6, 6.07) is 4.81. The summed E-state index contributed by atoms with van der Waals surface area (Å²) in [6.45, 7) is 5.20. The van der Waals surface area contributed by atoms with Crippen molar-refractivity contribution in [3.05, 3.63) is 49.3 Å². The third kappa shape index (κ3) is 3.34. The van der Waals surface area contributed by atoms with Crippen molar-refractivity contribution in [2.45, 2.75) is 26.9 Å². The summed E-state index contributed by atoms with van der Waals surface area (Å²) in [7, 11) is 0. The van der Waals surface area contributed by atoms with Gasteiger partial charge in [-0.2, -0.15) is 0 Å². The lowest BCUT2D eigenvalue weighted by Gasteiger charge is -2.10. The Hall–Kier alpha value is -1.63. The predicted molar refractivity (Wildman–Crippen MR) is 82.6 cm³/mol. The number of thiophene rings is 1. The first-order chi connectivity index (χ1) is 9.79. The van der Waals surface area contributed by atoms with E-state index in [9.17, 15) is 15.2 Å². The topological polar surface area (TPSA) is 72.6 Å². The molecule has 0 aliphatic carbocycles. The maximum absolute atomic E-state index is 11.1. The third-order valence-corrected chi connectivity index (χ3v) is 4.32. The van der Waals surface area contributed by atoms with Gasteiger partial charge in [0, 0.05) is 16.0 Å². The molecule has 0 bridgehead atoms. The Balaban J connectivity index is 2.46. The molecular weight excluding hydrogens is 314 g/mol. The number of halogens is 1. The number of rotatable bonds is 4. The molecule has 0 aliphatic heterocycles. The van der Waals surface area contributed by atoms with E-state index in [0.717, 1.165) is 22.5 Å². The van der Waals surface area contributed by atoms with Crippen molar-refractivity contribution < 1.29 is 14.8 Å². The Labute approximate surface area is 130 Å². The first-order valence-corrected chi connectivity index (χ1v) is 7.39. The van der Waals surface area contributed by atoms with Crippen LogP contribution in [-0.2, 0) is 0 Å². The van der Waals surface area contributed by atoms with E-state index in [1.54, 1.807) is 19.1 Å². The van der Waals surface area contributed by atoms with Crippen LogP contribution in [0.5, 0.6) is 10.8 Å². The summed E-state index contributed by atoms with van der Waals surface area (Å²) in [4.78, 5) is 11.1. The maximum atomic E-state index is 11.1. The highest BCUT2D eigenvalue weighted by Crippen LogP contribution is 2.43. The second-order valence-electron chi connectivity index (χ2n) is 4.73. The van der Waals surface area contributed by atoms with Gasteiger partial charge in [0.15, 0.2) is 0 Å². The normalized spacial score (nSPS) is 12.2. The number of benzene rings is 1. The molecule has 0 aliphatic rings. The van der Waals surface area contributed by atoms with Crippen LogP contribution in [0.15, 0.2) is 18.2 Å². The smallest absolute Gasteiger partial charge is 0.323 e. The summed E-state index contributed by atoms with van der Waals surface area (Å²) < 4.78 is 5.73. The molecule has 0 spiro atoms. The number of ether oxygens (including phenoxy) is 1. The van der Waals surface area contributed by atoms with Gasteiger partial charge in [-0.25, -0.2) is 0 Å². The highest BCUT2D eigenvalue weighted by Gasteiger charge is 2.24. The quantitative estimate of drug-likeness (QED) is 0.648. The van der Waals surface area contributed by atoms with Gasteiger partial charge in [-0.3, -0.25) is 10.1 Å². The van der Waals surface area contributed by atoms with Crippen LogP contribution in [0.2, 0.25) is 5.02 Å². The van der Waals surface area contributed by atoms with Gasteiger partial charge >= 0.3 is 5.69 Å². The summed E-state index contributed by atoms with van der Waals surface area (Å²) in [6.07, 6.45) is -0.779. The molecule has 1 N–H and O–H groups in total. The van der Waals surface area contributed by atoms with E-state index >= 15 is 0 Å². The number of hydrogen-bond acceptors (Lipinski definition) is 5. The van der Waals surface area contributed by atoms with Crippen LogP contribution in [0, 0.1) is 24.0 Å². The van der Waals surface area contributed by atoms with Crippen LogP contribution >= 0.6 is 22.9 Å². The highest BCUT2D eigenvalue weighted by molar-refractivity contribution is 7.14. The minimum atomic E-state index is -0.779. The van der Waals surface area contributed by atoms with Gasteiger partial charge in [0.2, 0.25) is 0 Å². The van der Waals surface area contributed by atoms with Crippen molar-refractivity contribution in [1.82, 2.24) is 0 Å². The van der Waals surface area contributed by atoms with Crippen molar-refractivity contribution in [3.8, 4) is 10.8 Å². The van der Waals surface area contributed by atoms with Crippen LogP contribution < -0.4 is 4.74 Å². The van der Waals surface area contributed by atoms with E-state index in [0.29, 0.717) is 15.6 Å². The van der Waals surface area contributed by atoms with Crippen LogP contribution in [0.3, 0.4) is 0 Å². The molecule has 0 amide bonds. The fourth-order valence-corrected chi connectivity index (χ4v) is 3.19. The fourth-order valence-electron chi connectivity index (χ4n) is 1.94. The second kappa shape index (κ2) is 6.01. The Morgan fingerprint density at radius 1 is 1.33 bits per heavy atom. The number of aryl methyl sites for hydroxylation is 2. The first-order valence-electron chi connectivity index (χ1n) is 6.20. The first kappa shape index (κ1) is 15.8. The van der Waals surface area contributed by atoms with E-state index in [1.165, 1.54) is 6.07 Å². The molecule has 1 aromatic carbocycles. The lowest BCUT2D eigenvalue weighted by atomic mass is 10.1. The minimum absolute atomic E-state index is 0.148. The standard InChI is InChI=1S/C14H14ClNO4S/c1-7-4-10(15)5-8(2)13(7)20-14-11(16(18)19)6-12(21-14)9(3)17/h4-6,9,17H,1-3H3/t9-/m1/s1. The number of nitro groups is 1. The molecule has 0 unspecified atom stereocenters. The number of hydrogen-bond donors (Lipinski definition) is 1. The molecule has 112 valence electrons. The molecule has 2 aromatic rings. The van der Waals surface area contributed by atoms with Crippen molar-refractivity contribution in [2.75, 3.05) is 0 Å². The Morgan fingerprint density at radius 2 is 1.90 bits per heavy atom.